The molecule has 3 nitrogen and oxygen atoms in total. The SMILES string of the molecule is CC(C)(CC(N)c1ccc(I)cc1)C(N)=O. The minimum absolute atomic E-state index is 0.153. The summed E-state index contributed by atoms with van der Waals surface area (Å²) in [5.74, 6) is -0.312. The summed E-state index contributed by atoms with van der Waals surface area (Å²) in [7, 11) is 0. The minimum atomic E-state index is -0.567. The summed E-state index contributed by atoms with van der Waals surface area (Å²) in [6, 6.07) is 7.84. The molecule has 0 aliphatic heterocycles. The smallest absolute Gasteiger partial charge is 0.223 e. The molecule has 0 saturated heterocycles. The molecular weight excluding hydrogens is 315 g/mol. The second-order valence-corrected chi connectivity index (χ2v) is 5.86. The number of hydrogen-bond donors (Lipinski definition) is 2. The first-order chi connectivity index (χ1) is 7.33. The van der Waals surface area contributed by atoms with Gasteiger partial charge in [0.25, 0.3) is 0 Å². The number of rotatable bonds is 4. The summed E-state index contributed by atoms with van der Waals surface area (Å²) in [6.45, 7) is 3.64. The summed E-state index contributed by atoms with van der Waals surface area (Å²) in [5, 5.41) is 0. The lowest BCUT2D eigenvalue weighted by molar-refractivity contribution is -0.126. The first kappa shape index (κ1) is 13.4. The van der Waals surface area contributed by atoms with E-state index < -0.39 is 5.41 Å². The van der Waals surface area contributed by atoms with Crippen LogP contribution in [0.5, 0.6) is 0 Å². The van der Waals surface area contributed by atoms with Gasteiger partial charge in [-0.25, -0.2) is 0 Å². The maximum atomic E-state index is 11.2. The second-order valence-electron chi connectivity index (χ2n) is 4.61. The monoisotopic (exact) mass is 332 g/mol. The van der Waals surface area contributed by atoms with E-state index in [9.17, 15) is 4.79 Å². The lowest BCUT2D eigenvalue weighted by atomic mass is 9.83. The van der Waals surface area contributed by atoms with Crippen molar-refractivity contribution in [2.75, 3.05) is 0 Å². The highest BCUT2D eigenvalue weighted by Crippen LogP contribution is 2.28. The van der Waals surface area contributed by atoms with E-state index in [0.29, 0.717) is 6.42 Å². The third kappa shape index (κ3) is 3.45. The Morgan fingerprint density at radius 2 is 1.88 bits per heavy atom. The summed E-state index contributed by atoms with van der Waals surface area (Å²) in [5.41, 5.74) is 11.9. The molecule has 4 N–H and O–H groups in total. The van der Waals surface area contributed by atoms with Crippen molar-refractivity contribution in [1.29, 1.82) is 0 Å². The lowest BCUT2D eigenvalue weighted by Crippen LogP contribution is -2.34. The number of carbonyl (C=O) groups is 1. The van der Waals surface area contributed by atoms with Gasteiger partial charge in [0, 0.05) is 15.0 Å². The molecule has 88 valence electrons. The largest absolute Gasteiger partial charge is 0.369 e. The van der Waals surface area contributed by atoms with Crippen LogP contribution in [0.3, 0.4) is 0 Å². The number of nitrogens with two attached hydrogens (primary N) is 2. The van der Waals surface area contributed by atoms with Gasteiger partial charge in [-0.3, -0.25) is 4.79 Å². The highest BCUT2D eigenvalue weighted by molar-refractivity contribution is 14.1. The van der Waals surface area contributed by atoms with Gasteiger partial charge in [-0.1, -0.05) is 26.0 Å². The topological polar surface area (TPSA) is 69.1 Å². The quantitative estimate of drug-likeness (QED) is 0.830. The van der Waals surface area contributed by atoms with Gasteiger partial charge >= 0.3 is 0 Å². The van der Waals surface area contributed by atoms with Crippen LogP contribution in [-0.2, 0) is 4.79 Å². The molecule has 0 fully saturated rings. The van der Waals surface area contributed by atoms with Crippen molar-refractivity contribution in [3.63, 3.8) is 0 Å². The van der Waals surface area contributed by atoms with Crippen LogP contribution >= 0.6 is 22.6 Å². The molecule has 1 rings (SSSR count). The fraction of sp³-hybridized carbons (Fsp3) is 0.417. The maximum Gasteiger partial charge on any atom is 0.223 e. The van der Waals surface area contributed by atoms with Crippen molar-refractivity contribution < 1.29 is 4.79 Å². The van der Waals surface area contributed by atoms with Crippen LogP contribution in [0.4, 0.5) is 0 Å². The average molecular weight is 332 g/mol. The fourth-order valence-corrected chi connectivity index (χ4v) is 1.84. The first-order valence-corrected chi connectivity index (χ1v) is 6.22. The van der Waals surface area contributed by atoms with E-state index in [2.05, 4.69) is 22.6 Å². The van der Waals surface area contributed by atoms with Gasteiger partial charge in [-0.15, -0.1) is 0 Å². The van der Waals surface area contributed by atoms with E-state index in [1.807, 2.05) is 38.1 Å². The van der Waals surface area contributed by atoms with E-state index in [4.69, 9.17) is 11.5 Å². The molecular formula is C12H17IN2O. The normalized spacial score (nSPS) is 13.5. The third-order valence-corrected chi connectivity index (χ3v) is 3.41. The van der Waals surface area contributed by atoms with Gasteiger partial charge < -0.3 is 11.5 Å². The minimum Gasteiger partial charge on any atom is -0.369 e. The Kier molecular flexibility index (Phi) is 4.32. The van der Waals surface area contributed by atoms with Crippen LogP contribution in [0.15, 0.2) is 24.3 Å². The third-order valence-electron chi connectivity index (χ3n) is 2.70. The predicted octanol–water partition coefficient (Wildman–Crippen LogP) is 2.19. The average Bonchev–Trinajstić information content (AvgIpc) is 2.17. The van der Waals surface area contributed by atoms with Crippen LogP contribution < -0.4 is 11.5 Å². The predicted molar refractivity (Wildman–Crippen MR) is 73.7 cm³/mol. The molecule has 0 radical (unpaired) electrons. The van der Waals surface area contributed by atoms with Gasteiger partial charge in [0.05, 0.1) is 0 Å². The van der Waals surface area contributed by atoms with E-state index in [1.165, 1.54) is 3.57 Å². The Balaban J connectivity index is 2.76. The van der Waals surface area contributed by atoms with Crippen molar-refractivity contribution in [3.8, 4) is 0 Å². The zero-order valence-electron chi connectivity index (χ0n) is 9.53. The van der Waals surface area contributed by atoms with E-state index in [0.717, 1.165) is 5.56 Å². The molecule has 0 aliphatic rings. The molecule has 16 heavy (non-hydrogen) atoms. The Morgan fingerprint density at radius 3 is 2.31 bits per heavy atom. The highest BCUT2D eigenvalue weighted by atomic mass is 127. The highest BCUT2D eigenvalue weighted by Gasteiger charge is 2.27. The zero-order valence-corrected chi connectivity index (χ0v) is 11.7. The molecule has 1 amide bonds. The van der Waals surface area contributed by atoms with Crippen LogP contribution in [0.2, 0.25) is 0 Å². The molecule has 0 aliphatic carbocycles. The molecule has 0 heterocycles. The van der Waals surface area contributed by atoms with Crippen molar-refractivity contribution in [2.45, 2.75) is 26.3 Å². The van der Waals surface area contributed by atoms with Crippen LogP contribution in [0.1, 0.15) is 31.9 Å². The van der Waals surface area contributed by atoms with Gasteiger partial charge in [0.2, 0.25) is 5.91 Å². The standard InChI is InChI=1S/C12H17IN2O/c1-12(2,11(15)16)7-10(14)8-3-5-9(13)6-4-8/h3-6,10H,7,14H2,1-2H3,(H2,15,16). The molecule has 0 spiro atoms. The van der Waals surface area contributed by atoms with Crippen molar-refractivity contribution in [3.05, 3.63) is 33.4 Å². The van der Waals surface area contributed by atoms with E-state index in [-0.39, 0.29) is 11.9 Å². The van der Waals surface area contributed by atoms with Crippen LogP contribution in [0, 0.1) is 8.99 Å². The van der Waals surface area contributed by atoms with Gasteiger partial charge in [-0.2, -0.15) is 0 Å². The first-order valence-electron chi connectivity index (χ1n) is 5.14. The van der Waals surface area contributed by atoms with E-state index >= 15 is 0 Å². The number of primary amides is 1. The Bertz CT molecular complexity index is 373. The van der Waals surface area contributed by atoms with Crippen molar-refractivity contribution >= 4 is 28.5 Å². The molecule has 1 unspecified atom stereocenters. The fourth-order valence-electron chi connectivity index (χ4n) is 1.48. The summed E-state index contributed by atoms with van der Waals surface area (Å²) >= 11 is 2.24. The van der Waals surface area contributed by atoms with Crippen LogP contribution in [0.25, 0.3) is 0 Å². The number of halogens is 1. The zero-order chi connectivity index (χ0) is 12.3. The van der Waals surface area contributed by atoms with Crippen LogP contribution in [-0.4, -0.2) is 5.91 Å². The molecule has 0 aromatic heterocycles. The molecule has 0 saturated carbocycles. The number of amides is 1. The lowest BCUT2D eigenvalue weighted by Gasteiger charge is -2.24. The van der Waals surface area contributed by atoms with Gasteiger partial charge in [0.15, 0.2) is 0 Å². The molecule has 4 heteroatoms. The van der Waals surface area contributed by atoms with Crippen molar-refractivity contribution in [2.24, 2.45) is 16.9 Å². The summed E-state index contributed by atoms with van der Waals surface area (Å²) < 4.78 is 1.17. The Labute approximate surface area is 110 Å². The molecule has 0 bridgehead atoms. The van der Waals surface area contributed by atoms with Crippen molar-refractivity contribution in [1.82, 2.24) is 0 Å². The van der Waals surface area contributed by atoms with Gasteiger partial charge in [0.1, 0.15) is 0 Å². The number of carbonyl (C=O) groups excluding carboxylic acids is 1. The van der Waals surface area contributed by atoms with E-state index in [1.54, 1.807) is 0 Å². The Hall–Kier alpha value is -0.620. The Morgan fingerprint density at radius 1 is 1.38 bits per heavy atom. The summed E-state index contributed by atoms with van der Waals surface area (Å²) in [6.07, 6.45) is 0.558. The number of benzene rings is 1. The molecule has 1 aromatic carbocycles. The van der Waals surface area contributed by atoms with Gasteiger partial charge in [-0.05, 0) is 46.7 Å². The second kappa shape index (κ2) is 5.14. The summed E-state index contributed by atoms with van der Waals surface area (Å²) in [4.78, 5) is 11.2. The maximum absolute atomic E-state index is 11.2. The molecule has 1 aromatic rings. The molecule has 1 atom stereocenters. The number of hydrogen-bond acceptors (Lipinski definition) is 2.